The summed E-state index contributed by atoms with van der Waals surface area (Å²) in [6.07, 6.45) is 1.21. The summed E-state index contributed by atoms with van der Waals surface area (Å²) in [5.41, 5.74) is 0.592. The van der Waals surface area contributed by atoms with Crippen LogP contribution in [-0.4, -0.2) is 23.9 Å². The van der Waals surface area contributed by atoms with Crippen molar-refractivity contribution in [3.63, 3.8) is 0 Å². The molecule has 1 aromatic carbocycles. The molecule has 0 heterocycles. The quantitative estimate of drug-likeness (QED) is 0.410. The molecule has 0 unspecified atom stereocenters. The van der Waals surface area contributed by atoms with E-state index in [0.717, 1.165) is 0 Å². The Hall–Kier alpha value is -1.84. The number of carbonyl (C=O) groups is 1. The lowest BCUT2D eigenvalue weighted by Gasteiger charge is -2.00. The van der Waals surface area contributed by atoms with Gasteiger partial charge in [0.2, 0.25) is 0 Å². The van der Waals surface area contributed by atoms with Crippen LogP contribution in [0.3, 0.4) is 0 Å². The largest absolute Gasteiger partial charge is 0.411 e. The second-order valence-electron chi connectivity index (χ2n) is 2.37. The Morgan fingerprint density at radius 2 is 2.15 bits per heavy atom. The molecule has 1 aromatic rings. The van der Waals surface area contributed by atoms with E-state index >= 15 is 0 Å². The molecule has 0 saturated heterocycles. The van der Waals surface area contributed by atoms with Crippen LogP contribution in [0, 0.1) is 0 Å². The number of hydrogen-bond acceptors (Lipinski definition) is 3. The molecule has 0 aliphatic heterocycles. The Kier molecular flexibility index (Phi) is 3.50. The highest BCUT2D eigenvalue weighted by Gasteiger charge is 2.00. The average Bonchev–Trinajstić information content (AvgIpc) is 2.19. The van der Waals surface area contributed by atoms with Gasteiger partial charge < -0.3 is 10.5 Å². The van der Waals surface area contributed by atoms with Crippen LogP contribution in [0.15, 0.2) is 35.5 Å². The van der Waals surface area contributed by atoms with Crippen molar-refractivity contribution in [2.75, 3.05) is 6.54 Å². The molecule has 0 radical (unpaired) electrons. The van der Waals surface area contributed by atoms with Crippen molar-refractivity contribution in [1.29, 1.82) is 0 Å². The molecule has 4 nitrogen and oxygen atoms in total. The minimum absolute atomic E-state index is 0.180. The Bertz CT molecular complexity index is 296. The average molecular weight is 178 g/mol. The fourth-order valence-corrected chi connectivity index (χ4v) is 0.871. The van der Waals surface area contributed by atoms with Crippen LogP contribution in [0.5, 0.6) is 0 Å². The smallest absolute Gasteiger partial charge is 0.251 e. The third-order valence-electron chi connectivity index (χ3n) is 1.47. The number of oxime groups is 1. The standard InChI is InChI=1S/C9H10N2O2/c12-9(10-6-7-11-13)8-4-2-1-3-5-8/h1-5,7,13H,6H2,(H,10,12). The molecule has 1 rings (SSSR count). The first-order valence-corrected chi connectivity index (χ1v) is 3.83. The molecular weight excluding hydrogens is 168 g/mol. The molecule has 0 saturated carbocycles. The molecule has 2 N–H and O–H groups in total. The Balaban J connectivity index is 2.49. The van der Waals surface area contributed by atoms with E-state index in [1.807, 2.05) is 6.07 Å². The maximum Gasteiger partial charge on any atom is 0.251 e. The van der Waals surface area contributed by atoms with Gasteiger partial charge in [-0.3, -0.25) is 4.79 Å². The number of amides is 1. The Morgan fingerprint density at radius 1 is 1.46 bits per heavy atom. The maximum absolute atomic E-state index is 11.3. The van der Waals surface area contributed by atoms with E-state index in [1.54, 1.807) is 24.3 Å². The van der Waals surface area contributed by atoms with Gasteiger partial charge in [-0.25, -0.2) is 0 Å². The zero-order chi connectivity index (χ0) is 9.52. The first-order chi connectivity index (χ1) is 6.34. The summed E-state index contributed by atoms with van der Waals surface area (Å²) < 4.78 is 0. The van der Waals surface area contributed by atoms with E-state index in [-0.39, 0.29) is 12.5 Å². The second-order valence-corrected chi connectivity index (χ2v) is 2.37. The molecule has 0 aliphatic rings. The second kappa shape index (κ2) is 4.92. The molecule has 0 atom stereocenters. The third kappa shape index (κ3) is 2.94. The minimum atomic E-state index is -0.180. The van der Waals surface area contributed by atoms with Gasteiger partial charge in [-0.15, -0.1) is 5.16 Å². The van der Waals surface area contributed by atoms with Crippen molar-refractivity contribution in [2.45, 2.75) is 0 Å². The summed E-state index contributed by atoms with van der Waals surface area (Å²) in [4.78, 5) is 11.3. The van der Waals surface area contributed by atoms with Crippen molar-refractivity contribution in [1.82, 2.24) is 5.32 Å². The molecule has 1 amide bonds. The highest BCUT2D eigenvalue weighted by atomic mass is 16.4. The monoisotopic (exact) mass is 178 g/mol. The first-order valence-electron chi connectivity index (χ1n) is 3.83. The van der Waals surface area contributed by atoms with E-state index in [0.29, 0.717) is 5.56 Å². The molecule has 4 heteroatoms. The fourth-order valence-electron chi connectivity index (χ4n) is 0.871. The van der Waals surface area contributed by atoms with Crippen LogP contribution in [0.4, 0.5) is 0 Å². The molecule has 0 fully saturated rings. The van der Waals surface area contributed by atoms with Crippen molar-refractivity contribution >= 4 is 12.1 Å². The molecule has 68 valence electrons. The summed E-state index contributed by atoms with van der Waals surface area (Å²) >= 11 is 0. The molecule has 0 aromatic heterocycles. The van der Waals surface area contributed by atoms with Gasteiger partial charge >= 0.3 is 0 Å². The number of nitrogens with zero attached hydrogens (tertiary/aromatic N) is 1. The van der Waals surface area contributed by atoms with Crippen molar-refractivity contribution < 1.29 is 10.0 Å². The fraction of sp³-hybridized carbons (Fsp3) is 0.111. The van der Waals surface area contributed by atoms with Crippen LogP contribution < -0.4 is 5.32 Å². The SMILES string of the molecule is O=C(NCC=NO)c1ccccc1. The molecule has 0 aliphatic carbocycles. The number of benzene rings is 1. The number of rotatable bonds is 3. The zero-order valence-electron chi connectivity index (χ0n) is 6.97. The zero-order valence-corrected chi connectivity index (χ0v) is 6.97. The van der Waals surface area contributed by atoms with Crippen LogP contribution in [0.2, 0.25) is 0 Å². The van der Waals surface area contributed by atoms with Crippen molar-refractivity contribution in [2.24, 2.45) is 5.16 Å². The molecule has 13 heavy (non-hydrogen) atoms. The summed E-state index contributed by atoms with van der Waals surface area (Å²) in [5, 5.41) is 13.4. The molecular formula is C9H10N2O2. The third-order valence-corrected chi connectivity index (χ3v) is 1.47. The highest BCUT2D eigenvalue weighted by Crippen LogP contribution is 1.96. The Morgan fingerprint density at radius 3 is 2.77 bits per heavy atom. The van der Waals surface area contributed by atoms with Gasteiger partial charge in [0.1, 0.15) is 0 Å². The van der Waals surface area contributed by atoms with Gasteiger partial charge in [0.15, 0.2) is 0 Å². The van der Waals surface area contributed by atoms with Gasteiger partial charge in [-0.1, -0.05) is 18.2 Å². The van der Waals surface area contributed by atoms with Gasteiger partial charge in [0.25, 0.3) is 5.91 Å². The lowest BCUT2D eigenvalue weighted by Crippen LogP contribution is -2.24. The van der Waals surface area contributed by atoms with Crippen LogP contribution >= 0.6 is 0 Å². The van der Waals surface area contributed by atoms with E-state index in [1.165, 1.54) is 6.21 Å². The van der Waals surface area contributed by atoms with Gasteiger partial charge in [-0.05, 0) is 12.1 Å². The van der Waals surface area contributed by atoms with Gasteiger partial charge in [-0.2, -0.15) is 0 Å². The number of hydrogen-bond donors (Lipinski definition) is 2. The minimum Gasteiger partial charge on any atom is -0.411 e. The first kappa shape index (κ1) is 9.25. The van der Waals surface area contributed by atoms with E-state index in [9.17, 15) is 4.79 Å². The summed E-state index contributed by atoms with van der Waals surface area (Å²) in [7, 11) is 0. The lowest BCUT2D eigenvalue weighted by atomic mass is 10.2. The number of carbonyl (C=O) groups excluding carboxylic acids is 1. The molecule has 0 bridgehead atoms. The van der Waals surface area contributed by atoms with Gasteiger partial charge in [0.05, 0.1) is 12.8 Å². The highest BCUT2D eigenvalue weighted by molar-refractivity contribution is 5.95. The summed E-state index contributed by atoms with van der Waals surface area (Å²) in [6, 6.07) is 8.84. The van der Waals surface area contributed by atoms with Crippen molar-refractivity contribution in [3.8, 4) is 0 Å². The lowest BCUT2D eigenvalue weighted by molar-refractivity contribution is 0.0959. The Labute approximate surface area is 75.9 Å². The van der Waals surface area contributed by atoms with E-state index in [4.69, 9.17) is 5.21 Å². The van der Waals surface area contributed by atoms with Crippen LogP contribution in [0.25, 0.3) is 0 Å². The summed E-state index contributed by atoms with van der Waals surface area (Å²) in [6.45, 7) is 0.226. The summed E-state index contributed by atoms with van der Waals surface area (Å²) in [5.74, 6) is -0.180. The topological polar surface area (TPSA) is 61.7 Å². The van der Waals surface area contributed by atoms with E-state index in [2.05, 4.69) is 10.5 Å². The normalized spacial score (nSPS) is 10.2. The van der Waals surface area contributed by atoms with E-state index < -0.39 is 0 Å². The predicted octanol–water partition coefficient (Wildman–Crippen LogP) is 0.876. The maximum atomic E-state index is 11.3. The number of nitrogens with one attached hydrogen (secondary N) is 1. The van der Waals surface area contributed by atoms with Crippen LogP contribution in [0.1, 0.15) is 10.4 Å². The molecule has 0 spiro atoms. The van der Waals surface area contributed by atoms with Gasteiger partial charge in [0, 0.05) is 5.56 Å². The predicted molar refractivity (Wildman–Crippen MR) is 49.1 cm³/mol. The van der Waals surface area contributed by atoms with Crippen LogP contribution in [-0.2, 0) is 0 Å². The van der Waals surface area contributed by atoms with Crippen molar-refractivity contribution in [3.05, 3.63) is 35.9 Å².